The van der Waals surface area contributed by atoms with E-state index in [1.165, 1.54) is 20.0 Å². The van der Waals surface area contributed by atoms with E-state index < -0.39 is 0 Å². The van der Waals surface area contributed by atoms with Crippen LogP contribution in [0.1, 0.15) is 42.1 Å². The largest absolute Gasteiger partial charge is 0.465 e. The molecule has 1 unspecified atom stereocenters. The molecule has 1 N–H and O–H groups in total. The van der Waals surface area contributed by atoms with Crippen molar-refractivity contribution in [2.75, 3.05) is 12.4 Å². The third-order valence-corrected chi connectivity index (χ3v) is 3.62. The first-order valence-electron chi connectivity index (χ1n) is 6.61. The topological polar surface area (TPSA) is 38.3 Å². The summed E-state index contributed by atoms with van der Waals surface area (Å²) in [7, 11) is 1.41. The van der Waals surface area contributed by atoms with Gasteiger partial charge in [-0.2, -0.15) is 0 Å². The van der Waals surface area contributed by atoms with Gasteiger partial charge in [-0.05, 0) is 55.9 Å². The number of aryl methyl sites for hydroxylation is 1. The minimum absolute atomic E-state index is 0.279. The first-order chi connectivity index (χ1) is 8.65. The van der Waals surface area contributed by atoms with Gasteiger partial charge < -0.3 is 10.1 Å². The monoisotopic (exact) mass is 247 g/mol. The Morgan fingerprint density at radius 2 is 2.22 bits per heavy atom. The highest BCUT2D eigenvalue weighted by Gasteiger charge is 2.29. The molecule has 3 nitrogen and oxygen atoms in total. The van der Waals surface area contributed by atoms with Gasteiger partial charge in [-0.1, -0.05) is 6.92 Å². The Hall–Kier alpha value is -1.51. The molecule has 0 aromatic heterocycles. The zero-order chi connectivity index (χ0) is 13.1. The van der Waals surface area contributed by atoms with E-state index in [1.54, 1.807) is 0 Å². The van der Waals surface area contributed by atoms with Crippen molar-refractivity contribution in [3.8, 4) is 0 Å². The van der Waals surface area contributed by atoms with Gasteiger partial charge in [-0.25, -0.2) is 4.79 Å². The summed E-state index contributed by atoms with van der Waals surface area (Å²) in [5.74, 6) is 0.550. The van der Waals surface area contributed by atoms with Crippen LogP contribution in [0.4, 0.5) is 5.69 Å². The van der Waals surface area contributed by atoms with E-state index in [9.17, 15) is 4.79 Å². The van der Waals surface area contributed by atoms with Gasteiger partial charge in [0.1, 0.15) is 0 Å². The van der Waals surface area contributed by atoms with Gasteiger partial charge in [0.15, 0.2) is 0 Å². The van der Waals surface area contributed by atoms with Crippen molar-refractivity contribution in [3.05, 3.63) is 29.3 Å². The number of hydrogen-bond donors (Lipinski definition) is 1. The van der Waals surface area contributed by atoms with Crippen molar-refractivity contribution in [1.82, 2.24) is 0 Å². The zero-order valence-electron chi connectivity index (χ0n) is 11.3. The number of esters is 1. The van der Waals surface area contributed by atoms with Crippen LogP contribution in [0.15, 0.2) is 18.2 Å². The van der Waals surface area contributed by atoms with Crippen molar-refractivity contribution in [1.29, 1.82) is 0 Å². The molecule has 1 fully saturated rings. The standard InChI is InChI=1S/C15H21NO2/c1-4-13(11-5-6-11)16-14-8-7-12(9-10(14)2)15(17)18-3/h7-9,11,13,16H,4-6H2,1-3H3. The molecule has 3 heteroatoms. The fourth-order valence-electron chi connectivity index (χ4n) is 2.32. The molecule has 1 aromatic rings. The van der Waals surface area contributed by atoms with Gasteiger partial charge in [0.2, 0.25) is 0 Å². The van der Waals surface area contributed by atoms with E-state index in [0.717, 1.165) is 23.6 Å². The normalized spacial score (nSPS) is 16.2. The van der Waals surface area contributed by atoms with Gasteiger partial charge in [0.25, 0.3) is 0 Å². The molecule has 18 heavy (non-hydrogen) atoms. The van der Waals surface area contributed by atoms with Crippen LogP contribution in [0.25, 0.3) is 0 Å². The third-order valence-electron chi connectivity index (χ3n) is 3.62. The zero-order valence-corrected chi connectivity index (χ0v) is 11.3. The van der Waals surface area contributed by atoms with E-state index in [2.05, 4.69) is 12.2 Å². The Morgan fingerprint density at radius 1 is 1.50 bits per heavy atom. The quantitative estimate of drug-likeness (QED) is 0.811. The fourth-order valence-corrected chi connectivity index (χ4v) is 2.32. The Bertz CT molecular complexity index is 438. The average molecular weight is 247 g/mol. The fraction of sp³-hybridized carbons (Fsp3) is 0.533. The number of carbonyl (C=O) groups excluding carboxylic acids is 1. The van der Waals surface area contributed by atoms with Crippen molar-refractivity contribution in [2.24, 2.45) is 5.92 Å². The van der Waals surface area contributed by atoms with Crippen LogP contribution in [-0.2, 0) is 4.74 Å². The maximum atomic E-state index is 11.4. The van der Waals surface area contributed by atoms with Crippen LogP contribution < -0.4 is 5.32 Å². The Labute approximate surface area is 109 Å². The van der Waals surface area contributed by atoms with E-state index in [4.69, 9.17) is 4.74 Å². The lowest BCUT2D eigenvalue weighted by Crippen LogP contribution is -2.21. The molecule has 0 aliphatic heterocycles. The lowest BCUT2D eigenvalue weighted by atomic mass is 10.1. The van der Waals surface area contributed by atoms with Crippen LogP contribution in [0.3, 0.4) is 0 Å². The highest BCUT2D eigenvalue weighted by molar-refractivity contribution is 5.90. The van der Waals surface area contributed by atoms with Crippen LogP contribution in [0.5, 0.6) is 0 Å². The summed E-state index contributed by atoms with van der Waals surface area (Å²) < 4.78 is 4.72. The molecule has 0 spiro atoms. The molecule has 1 aliphatic carbocycles. The number of nitrogens with one attached hydrogen (secondary N) is 1. The lowest BCUT2D eigenvalue weighted by molar-refractivity contribution is 0.0600. The number of rotatable bonds is 5. The molecule has 0 saturated heterocycles. The second-order valence-electron chi connectivity index (χ2n) is 5.02. The highest BCUT2D eigenvalue weighted by Crippen LogP contribution is 2.36. The van der Waals surface area contributed by atoms with Gasteiger partial charge in [0.05, 0.1) is 12.7 Å². The Kier molecular flexibility index (Phi) is 3.90. The van der Waals surface area contributed by atoms with Crippen molar-refractivity contribution in [2.45, 2.75) is 39.2 Å². The predicted molar refractivity (Wildman–Crippen MR) is 72.9 cm³/mol. The lowest BCUT2D eigenvalue weighted by Gasteiger charge is -2.19. The second-order valence-corrected chi connectivity index (χ2v) is 5.02. The van der Waals surface area contributed by atoms with Gasteiger partial charge in [-0.3, -0.25) is 0 Å². The molecule has 1 saturated carbocycles. The number of ether oxygens (including phenoxy) is 1. The van der Waals surface area contributed by atoms with Gasteiger partial charge in [-0.15, -0.1) is 0 Å². The summed E-state index contributed by atoms with van der Waals surface area (Å²) in [5.41, 5.74) is 2.83. The van der Waals surface area contributed by atoms with E-state index >= 15 is 0 Å². The van der Waals surface area contributed by atoms with Crippen LogP contribution in [0, 0.1) is 12.8 Å². The van der Waals surface area contributed by atoms with Crippen molar-refractivity contribution in [3.63, 3.8) is 0 Å². The summed E-state index contributed by atoms with van der Waals surface area (Å²) >= 11 is 0. The first-order valence-corrected chi connectivity index (χ1v) is 6.61. The van der Waals surface area contributed by atoms with E-state index in [0.29, 0.717) is 11.6 Å². The molecule has 0 amide bonds. The minimum Gasteiger partial charge on any atom is -0.465 e. The smallest absolute Gasteiger partial charge is 0.337 e. The summed E-state index contributed by atoms with van der Waals surface area (Å²) in [6.45, 7) is 4.24. The number of carbonyl (C=O) groups is 1. The van der Waals surface area contributed by atoms with E-state index in [1.807, 2.05) is 25.1 Å². The van der Waals surface area contributed by atoms with E-state index in [-0.39, 0.29) is 5.97 Å². The summed E-state index contributed by atoms with van der Waals surface area (Å²) in [6, 6.07) is 6.24. The maximum Gasteiger partial charge on any atom is 0.337 e. The summed E-state index contributed by atoms with van der Waals surface area (Å²) in [4.78, 5) is 11.4. The summed E-state index contributed by atoms with van der Waals surface area (Å²) in [6.07, 6.45) is 3.82. The van der Waals surface area contributed by atoms with Crippen LogP contribution >= 0.6 is 0 Å². The molecule has 0 bridgehead atoms. The first kappa shape index (κ1) is 12.9. The molecular formula is C15H21NO2. The Balaban J connectivity index is 2.11. The van der Waals surface area contributed by atoms with Gasteiger partial charge in [0, 0.05) is 11.7 Å². The number of anilines is 1. The van der Waals surface area contributed by atoms with Crippen molar-refractivity contribution >= 4 is 11.7 Å². The molecule has 1 atom stereocenters. The number of hydrogen-bond acceptors (Lipinski definition) is 3. The van der Waals surface area contributed by atoms with Crippen LogP contribution in [0.2, 0.25) is 0 Å². The molecule has 98 valence electrons. The predicted octanol–water partition coefficient (Wildman–Crippen LogP) is 3.38. The Morgan fingerprint density at radius 3 is 2.72 bits per heavy atom. The number of methoxy groups -OCH3 is 1. The van der Waals surface area contributed by atoms with Crippen molar-refractivity contribution < 1.29 is 9.53 Å². The minimum atomic E-state index is -0.279. The highest BCUT2D eigenvalue weighted by atomic mass is 16.5. The molecule has 1 aromatic carbocycles. The molecule has 0 radical (unpaired) electrons. The molecule has 0 heterocycles. The van der Waals surface area contributed by atoms with Gasteiger partial charge >= 0.3 is 5.97 Å². The second kappa shape index (κ2) is 5.42. The average Bonchev–Trinajstić information content (AvgIpc) is 3.20. The third kappa shape index (κ3) is 2.84. The molecular weight excluding hydrogens is 226 g/mol. The molecule has 1 aliphatic rings. The number of benzene rings is 1. The van der Waals surface area contributed by atoms with Crippen LogP contribution in [-0.4, -0.2) is 19.1 Å². The SMILES string of the molecule is CCC(Nc1ccc(C(=O)OC)cc1C)C1CC1. The summed E-state index contributed by atoms with van der Waals surface area (Å²) in [5, 5.41) is 3.59. The molecule has 2 rings (SSSR count). The maximum absolute atomic E-state index is 11.4.